The van der Waals surface area contributed by atoms with Gasteiger partial charge in [0.05, 0.1) is 6.04 Å². The van der Waals surface area contributed by atoms with Crippen molar-refractivity contribution in [3.05, 3.63) is 48.7 Å². The molecule has 1 aromatic carbocycles. The minimum atomic E-state index is -1.09. The Balaban J connectivity index is 1.83. The largest absolute Gasteiger partial charge is 0.361 e. The van der Waals surface area contributed by atoms with Crippen LogP contribution in [0.3, 0.4) is 0 Å². The summed E-state index contributed by atoms with van der Waals surface area (Å²) in [5, 5.41) is 3.37. The van der Waals surface area contributed by atoms with Crippen molar-refractivity contribution >= 4 is 34.5 Å². The molecule has 28 heavy (non-hydrogen) atoms. The number of barbiturate groups is 1. The van der Waals surface area contributed by atoms with Crippen molar-refractivity contribution in [1.82, 2.24) is 15.2 Å². The van der Waals surface area contributed by atoms with Crippen molar-refractivity contribution < 1.29 is 14.4 Å². The SMILES string of the molecule is C=CCN1C(=O)NC(=O)C(C(C)=N[C@H](CC)Cc2c[nH]c3ccccc23)C1=O. The molecular formula is C21H24N4O3. The van der Waals surface area contributed by atoms with Gasteiger partial charge >= 0.3 is 6.03 Å². The fourth-order valence-corrected chi connectivity index (χ4v) is 3.48. The van der Waals surface area contributed by atoms with Gasteiger partial charge in [0.2, 0.25) is 11.8 Å². The molecule has 0 aliphatic carbocycles. The first-order chi connectivity index (χ1) is 13.5. The van der Waals surface area contributed by atoms with E-state index in [0.717, 1.165) is 27.8 Å². The minimum Gasteiger partial charge on any atom is -0.361 e. The second-order valence-electron chi connectivity index (χ2n) is 6.86. The van der Waals surface area contributed by atoms with Gasteiger partial charge in [-0.2, -0.15) is 0 Å². The Bertz CT molecular complexity index is 959. The van der Waals surface area contributed by atoms with Gasteiger partial charge in [-0.3, -0.25) is 24.8 Å². The van der Waals surface area contributed by atoms with Gasteiger partial charge in [0.1, 0.15) is 0 Å². The van der Waals surface area contributed by atoms with Crippen LogP contribution in [-0.4, -0.2) is 46.0 Å². The summed E-state index contributed by atoms with van der Waals surface area (Å²) in [5.41, 5.74) is 2.62. The number of benzene rings is 1. The fourth-order valence-electron chi connectivity index (χ4n) is 3.48. The molecule has 1 aromatic heterocycles. The molecule has 7 nitrogen and oxygen atoms in total. The van der Waals surface area contributed by atoms with E-state index in [1.165, 1.54) is 6.08 Å². The van der Waals surface area contributed by atoms with Crippen LogP contribution >= 0.6 is 0 Å². The first-order valence-electron chi connectivity index (χ1n) is 9.32. The zero-order valence-corrected chi connectivity index (χ0v) is 16.1. The van der Waals surface area contributed by atoms with E-state index < -0.39 is 23.8 Å². The molecular weight excluding hydrogens is 356 g/mol. The molecule has 3 rings (SSSR count). The Kier molecular flexibility index (Phi) is 5.73. The highest BCUT2D eigenvalue weighted by Gasteiger charge is 2.41. The van der Waals surface area contributed by atoms with Gasteiger partial charge in [-0.1, -0.05) is 31.2 Å². The second-order valence-corrected chi connectivity index (χ2v) is 6.86. The maximum Gasteiger partial charge on any atom is 0.331 e. The van der Waals surface area contributed by atoms with E-state index in [1.54, 1.807) is 6.92 Å². The van der Waals surface area contributed by atoms with Crippen LogP contribution in [0.15, 0.2) is 48.1 Å². The molecule has 1 unspecified atom stereocenters. The van der Waals surface area contributed by atoms with Gasteiger partial charge in [-0.05, 0) is 31.4 Å². The van der Waals surface area contributed by atoms with Gasteiger partial charge in [0.25, 0.3) is 0 Å². The number of carbonyl (C=O) groups excluding carboxylic acids is 3. The Labute approximate surface area is 163 Å². The number of carbonyl (C=O) groups is 3. The lowest BCUT2D eigenvalue weighted by Gasteiger charge is -2.29. The number of rotatable bonds is 7. The maximum absolute atomic E-state index is 12.7. The summed E-state index contributed by atoms with van der Waals surface area (Å²) in [6.45, 7) is 7.29. The van der Waals surface area contributed by atoms with Crippen molar-refractivity contribution in [2.24, 2.45) is 10.9 Å². The van der Waals surface area contributed by atoms with Crippen molar-refractivity contribution in [3.63, 3.8) is 0 Å². The molecule has 0 bridgehead atoms. The average molecular weight is 380 g/mol. The summed E-state index contributed by atoms with van der Waals surface area (Å²) in [6.07, 6.45) is 4.87. The summed E-state index contributed by atoms with van der Waals surface area (Å²) in [6, 6.07) is 7.25. The topological polar surface area (TPSA) is 94.6 Å². The summed E-state index contributed by atoms with van der Waals surface area (Å²) in [5.74, 6) is -2.27. The highest BCUT2D eigenvalue weighted by molar-refractivity contribution is 6.27. The van der Waals surface area contributed by atoms with E-state index >= 15 is 0 Å². The van der Waals surface area contributed by atoms with Crippen molar-refractivity contribution in [1.29, 1.82) is 0 Å². The molecule has 7 heteroatoms. The highest BCUT2D eigenvalue weighted by Crippen LogP contribution is 2.22. The number of para-hydroxylation sites is 1. The molecule has 4 amide bonds. The molecule has 0 spiro atoms. The number of nitrogens with one attached hydrogen (secondary N) is 2. The third-order valence-electron chi connectivity index (χ3n) is 4.97. The summed E-state index contributed by atoms with van der Waals surface area (Å²) in [4.78, 5) is 45.7. The standard InChI is InChI=1S/C21H24N4O3/c1-4-10-25-20(27)18(19(26)24-21(25)28)13(3)23-15(5-2)11-14-12-22-17-9-7-6-8-16(14)17/h4,6-9,12,15,18,22H,1,5,10-11H2,2-3H3,(H,24,26,28)/t15-,18?/m1/s1. The van der Waals surface area contributed by atoms with Crippen LogP contribution in [0.25, 0.3) is 10.9 Å². The summed E-state index contributed by atoms with van der Waals surface area (Å²) in [7, 11) is 0. The highest BCUT2D eigenvalue weighted by atomic mass is 16.2. The van der Waals surface area contributed by atoms with Crippen LogP contribution in [0.1, 0.15) is 25.8 Å². The molecule has 0 radical (unpaired) electrons. The lowest BCUT2D eigenvalue weighted by Crippen LogP contribution is -2.59. The van der Waals surface area contributed by atoms with Crippen LogP contribution < -0.4 is 5.32 Å². The van der Waals surface area contributed by atoms with E-state index in [4.69, 9.17) is 0 Å². The first kappa shape index (κ1) is 19.5. The Morgan fingerprint density at radius 1 is 1.32 bits per heavy atom. The number of aromatic nitrogens is 1. The van der Waals surface area contributed by atoms with Crippen molar-refractivity contribution in [2.45, 2.75) is 32.7 Å². The zero-order valence-electron chi connectivity index (χ0n) is 16.1. The van der Waals surface area contributed by atoms with Crippen LogP contribution in [0.5, 0.6) is 0 Å². The molecule has 2 N–H and O–H groups in total. The predicted molar refractivity (Wildman–Crippen MR) is 108 cm³/mol. The van der Waals surface area contributed by atoms with Gasteiger partial charge in [0.15, 0.2) is 5.92 Å². The zero-order chi connectivity index (χ0) is 20.3. The summed E-state index contributed by atoms with van der Waals surface area (Å²) >= 11 is 0. The number of aromatic amines is 1. The van der Waals surface area contributed by atoms with E-state index in [-0.39, 0.29) is 12.6 Å². The number of H-pyrrole nitrogens is 1. The predicted octanol–water partition coefficient (Wildman–Crippen LogP) is 2.83. The van der Waals surface area contributed by atoms with E-state index in [9.17, 15) is 14.4 Å². The van der Waals surface area contributed by atoms with Crippen molar-refractivity contribution in [3.8, 4) is 0 Å². The molecule has 1 aliphatic heterocycles. The number of fused-ring (bicyclic) bond motifs is 1. The van der Waals surface area contributed by atoms with Crippen molar-refractivity contribution in [2.75, 3.05) is 6.54 Å². The number of hydrogen-bond acceptors (Lipinski definition) is 4. The lowest BCUT2D eigenvalue weighted by molar-refractivity contribution is -0.139. The van der Waals surface area contributed by atoms with E-state index in [1.807, 2.05) is 31.3 Å². The monoisotopic (exact) mass is 380 g/mol. The number of hydrogen-bond donors (Lipinski definition) is 2. The number of urea groups is 1. The Morgan fingerprint density at radius 2 is 2.07 bits per heavy atom. The number of aliphatic imine (C=N–C) groups is 1. The van der Waals surface area contributed by atoms with Gasteiger partial charge < -0.3 is 4.98 Å². The number of nitrogens with zero attached hydrogens (tertiary/aromatic N) is 2. The minimum absolute atomic E-state index is 0.0499. The molecule has 0 saturated carbocycles. The van der Waals surface area contributed by atoms with Crippen LogP contribution in [0, 0.1) is 5.92 Å². The van der Waals surface area contributed by atoms with Crippen LogP contribution in [0.4, 0.5) is 4.79 Å². The molecule has 1 fully saturated rings. The molecule has 2 heterocycles. The van der Waals surface area contributed by atoms with Crippen LogP contribution in [0.2, 0.25) is 0 Å². The average Bonchev–Trinajstić information content (AvgIpc) is 3.07. The fraction of sp³-hybridized carbons (Fsp3) is 0.333. The third-order valence-corrected chi connectivity index (χ3v) is 4.97. The second kappa shape index (κ2) is 8.21. The maximum atomic E-state index is 12.7. The normalized spacial score (nSPS) is 19.1. The van der Waals surface area contributed by atoms with E-state index in [0.29, 0.717) is 12.1 Å². The molecule has 2 aromatic rings. The molecule has 2 atom stereocenters. The van der Waals surface area contributed by atoms with Crippen LogP contribution in [-0.2, 0) is 16.0 Å². The molecule has 1 aliphatic rings. The van der Waals surface area contributed by atoms with Gasteiger partial charge in [0, 0.05) is 29.4 Å². The summed E-state index contributed by atoms with van der Waals surface area (Å²) < 4.78 is 0. The van der Waals surface area contributed by atoms with E-state index in [2.05, 4.69) is 27.9 Å². The Hall–Kier alpha value is -3.22. The first-order valence-corrected chi connectivity index (χ1v) is 9.32. The molecule has 146 valence electrons. The Morgan fingerprint density at radius 3 is 2.79 bits per heavy atom. The number of imide groups is 2. The van der Waals surface area contributed by atoms with Gasteiger partial charge in [-0.25, -0.2) is 4.79 Å². The lowest BCUT2D eigenvalue weighted by atomic mass is 9.98. The molecule has 1 saturated heterocycles. The van der Waals surface area contributed by atoms with Gasteiger partial charge in [-0.15, -0.1) is 6.58 Å². The number of amides is 4. The third kappa shape index (κ3) is 3.74. The smallest absolute Gasteiger partial charge is 0.331 e. The quantitative estimate of drug-likeness (QED) is 0.439.